The largest absolute Gasteiger partial charge is 0.315 e. The number of halogens is 1. The molecule has 1 aliphatic rings. The summed E-state index contributed by atoms with van der Waals surface area (Å²) in [5, 5.41) is 0. The highest BCUT2D eigenvalue weighted by Gasteiger charge is 2.27. The van der Waals surface area contributed by atoms with E-state index in [2.05, 4.69) is 50.6 Å². The van der Waals surface area contributed by atoms with Crippen LogP contribution in [0.1, 0.15) is 24.4 Å². The van der Waals surface area contributed by atoms with Crippen molar-refractivity contribution in [1.82, 2.24) is 9.55 Å². The fourth-order valence-corrected chi connectivity index (χ4v) is 2.53. The zero-order valence-corrected chi connectivity index (χ0v) is 9.58. The quantitative estimate of drug-likeness (QED) is 0.759. The van der Waals surface area contributed by atoms with Crippen molar-refractivity contribution in [3.05, 3.63) is 28.5 Å². The molecule has 0 atom stereocenters. The van der Waals surface area contributed by atoms with E-state index in [0.29, 0.717) is 6.04 Å². The van der Waals surface area contributed by atoms with E-state index < -0.39 is 0 Å². The summed E-state index contributed by atoms with van der Waals surface area (Å²) in [4.78, 5) is 4.50. The SMILES string of the molecule is Cc1ccc2nc(Br)n(C3CC3)c2c1. The van der Waals surface area contributed by atoms with Crippen molar-refractivity contribution in [2.24, 2.45) is 0 Å². The van der Waals surface area contributed by atoms with Crippen molar-refractivity contribution in [1.29, 1.82) is 0 Å². The predicted octanol–water partition coefficient (Wildman–Crippen LogP) is 3.44. The van der Waals surface area contributed by atoms with Crippen molar-refractivity contribution in [2.75, 3.05) is 0 Å². The van der Waals surface area contributed by atoms with Crippen molar-refractivity contribution in [2.45, 2.75) is 25.8 Å². The van der Waals surface area contributed by atoms with Gasteiger partial charge in [-0.1, -0.05) is 6.07 Å². The monoisotopic (exact) mass is 250 g/mol. The van der Waals surface area contributed by atoms with Gasteiger partial charge in [0.25, 0.3) is 0 Å². The molecule has 1 heterocycles. The van der Waals surface area contributed by atoms with Crippen LogP contribution in [-0.4, -0.2) is 9.55 Å². The molecule has 1 aromatic heterocycles. The van der Waals surface area contributed by atoms with Gasteiger partial charge in [0.1, 0.15) is 0 Å². The summed E-state index contributed by atoms with van der Waals surface area (Å²) >= 11 is 3.53. The average Bonchev–Trinajstić information content (AvgIpc) is 2.90. The van der Waals surface area contributed by atoms with E-state index >= 15 is 0 Å². The molecule has 0 unspecified atom stereocenters. The van der Waals surface area contributed by atoms with Crippen LogP contribution in [0.25, 0.3) is 11.0 Å². The number of imidazole rings is 1. The Labute approximate surface area is 91.1 Å². The normalized spacial score (nSPS) is 16.4. The molecule has 0 N–H and O–H groups in total. The zero-order chi connectivity index (χ0) is 9.71. The van der Waals surface area contributed by atoms with Crippen LogP contribution in [0, 0.1) is 6.92 Å². The van der Waals surface area contributed by atoms with Crippen LogP contribution < -0.4 is 0 Å². The Balaban J connectivity index is 2.34. The minimum Gasteiger partial charge on any atom is -0.315 e. The molecular formula is C11H11BrN2. The number of rotatable bonds is 1. The third kappa shape index (κ3) is 1.19. The lowest BCUT2D eigenvalue weighted by atomic mass is 10.2. The van der Waals surface area contributed by atoms with E-state index in [-0.39, 0.29) is 0 Å². The van der Waals surface area contributed by atoms with Crippen molar-refractivity contribution in [3.8, 4) is 0 Å². The zero-order valence-electron chi connectivity index (χ0n) is 8.00. The third-order valence-electron chi connectivity index (χ3n) is 2.71. The first kappa shape index (κ1) is 8.48. The van der Waals surface area contributed by atoms with Crippen LogP contribution in [0.15, 0.2) is 22.9 Å². The lowest BCUT2D eigenvalue weighted by Crippen LogP contribution is -1.93. The molecule has 2 nitrogen and oxygen atoms in total. The molecule has 3 heteroatoms. The molecule has 1 saturated carbocycles. The minimum atomic E-state index is 0.677. The second kappa shape index (κ2) is 2.83. The van der Waals surface area contributed by atoms with Gasteiger partial charge >= 0.3 is 0 Å². The molecule has 72 valence electrons. The number of benzene rings is 1. The first-order chi connectivity index (χ1) is 6.75. The maximum Gasteiger partial charge on any atom is 0.178 e. The summed E-state index contributed by atoms with van der Waals surface area (Å²) < 4.78 is 3.28. The Hall–Kier alpha value is -0.830. The minimum absolute atomic E-state index is 0.677. The van der Waals surface area contributed by atoms with Crippen molar-refractivity contribution >= 4 is 27.0 Å². The van der Waals surface area contributed by atoms with Crippen LogP contribution in [0.2, 0.25) is 0 Å². The van der Waals surface area contributed by atoms with Gasteiger partial charge < -0.3 is 4.57 Å². The lowest BCUT2D eigenvalue weighted by Gasteiger charge is -2.02. The van der Waals surface area contributed by atoms with Crippen LogP contribution in [0.5, 0.6) is 0 Å². The molecule has 0 radical (unpaired) electrons. The maximum atomic E-state index is 4.50. The van der Waals surface area contributed by atoms with Crippen LogP contribution in [-0.2, 0) is 0 Å². The number of fused-ring (bicyclic) bond motifs is 1. The molecule has 1 aromatic carbocycles. The van der Waals surface area contributed by atoms with Gasteiger partial charge in [0, 0.05) is 6.04 Å². The Morgan fingerprint density at radius 1 is 1.43 bits per heavy atom. The van der Waals surface area contributed by atoms with Gasteiger partial charge in [0.15, 0.2) is 4.73 Å². The number of nitrogens with zero attached hydrogens (tertiary/aromatic N) is 2. The summed E-state index contributed by atoms with van der Waals surface area (Å²) in [7, 11) is 0. The Kier molecular flexibility index (Phi) is 1.71. The highest BCUT2D eigenvalue weighted by molar-refractivity contribution is 9.10. The Morgan fingerprint density at radius 3 is 2.93 bits per heavy atom. The average molecular weight is 251 g/mol. The second-order valence-electron chi connectivity index (χ2n) is 3.97. The van der Waals surface area contributed by atoms with E-state index in [1.807, 2.05) is 0 Å². The first-order valence-electron chi connectivity index (χ1n) is 4.90. The fraction of sp³-hybridized carbons (Fsp3) is 0.364. The third-order valence-corrected chi connectivity index (χ3v) is 3.27. The summed E-state index contributed by atoms with van der Waals surface area (Å²) in [6.45, 7) is 2.12. The molecular weight excluding hydrogens is 240 g/mol. The summed E-state index contributed by atoms with van der Waals surface area (Å²) in [5.41, 5.74) is 3.65. The van der Waals surface area contributed by atoms with E-state index in [0.717, 1.165) is 10.3 Å². The van der Waals surface area contributed by atoms with Crippen molar-refractivity contribution in [3.63, 3.8) is 0 Å². The Morgan fingerprint density at radius 2 is 2.21 bits per heavy atom. The van der Waals surface area contributed by atoms with Gasteiger partial charge in [-0.25, -0.2) is 4.98 Å². The van der Waals surface area contributed by atoms with Gasteiger partial charge in [0.2, 0.25) is 0 Å². The summed E-state index contributed by atoms with van der Waals surface area (Å²) in [6.07, 6.45) is 2.58. The molecule has 1 aliphatic carbocycles. The topological polar surface area (TPSA) is 17.8 Å². The smallest absolute Gasteiger partial charge is 0.178 e. The van der Waals surface area contributed by atoms with Gasteiger partial charge in [-0.3, -0.25) is 0 Å². The van der Waals surface area contributed by atoms with Gasteiger partial charge in [-0.05, 0) is 53.4 Å². The van der Waals surface area contributed by atoms with Crippen LogP contribution in [0.4, 0.5) is 0 Å². The van der Waals surface area contributed by atoms with E-state index in [1.165, 1.54) is 23.9 Å². The van der Waals surface area contributed by atoms with Gasteiger partial charge in [0.05, 0.1) is 11.0 Å². The highest BCUT2D eigenvalue weighted by Crippen LogP contribution is 2.40. The van der Waals surface area contributed by atoms with E-state index in [1.54, 1.807) is 0 Å². The standard InChI is InChI=1S/C11H11BrN2/c1-7-2-5-9-10(6-7)14(8-3-4-8)11(12)13-9/h2,5-6,8H,3-4H2,1H3. The molecule has 14 heavy (non-hydrogen) atoms. The van der Waals surface area contributed by atoms with E-state index in [9.17, 15) is 0 Å². The number of aryl methyl sites for hydroxylation is 1. The summed E-state index contributed by atoms with van der Waals surface area (Å²) in [6, 6.07) is 7.09. The van der Waals surface area contributed by atoms with Crippen molar-refractivity contribution < 1.29 is 0 Å². The molecule has 0 spiro atoms. The molecule has 0 saturated heterocycles. The fourth-order valence-electron chi connectivity index (χ4n) is 1.85. The maximum absolute atomic E-state index is 4.50. The number of hydrogen-bond donors (Lipinski definition) is 0. The predicted molar refractivity (Wildman–Crippen MR) is 60.4 cm³/mol. The molecule has 2 aromatic rings. The molecule has 0 bridgehead atoms. The van der Waals surface area contributed by atoms with Gasteiger partial charge in [-0.15, -0.1) is 0 Å². The van der Waals surface area contributed by atoms with E-state index in [4.69, 9.17) is 0 Å². The lowest BCUT2D eigenvalue weighted by molar-refractivity contribution is 0.745. The molecule has 3 rings (SSSR count). The highest BCUT2D eigenvalue weighted by atomic mass is 79.9. The summed E-state index contributed by atoms with van der Waals surface area (Å²) in [5.74, 6) is 0. The number of aromatic nitrogens is 2. The van der Waals surface area contributed by atoms with Gasteiger partial charge in [-0.2, -0.15) is 0 Å². The second-order valence-corrected chi connectivity index (χ2v) is 4.68. The molecule has 0 aliphatic heterocycles. The number of hydrogen-bond acceptors (Lipinski definition) is 1. The Bertz CT molecular complexity index is 497. The first-order valence-corrected chi connectivity index (χ1v) is 5.69. The molecule has 0 amide bonds. The molecule has 1 fully saturated rings. The van der Waals surface area contributed by atoms with Crippen LogP contribution in [0.3, 0.4) is 0 Å². The van der Waals surface area contributed by atoms with Crippen LogP contribution >= 0.6 is 15.9 Å².